The van der Waals surface area contributed by atoms with Gasteiger partial charge in [-0.2, -0.15) is 5.26 Å². The second kappa shape index (κ2) is 4.80. The Morgan fingerprint density at radius 2 is 2.14 bits per heavy atom. The molecule has 0 atom stereocenters. The van der Waals surface area contributed by atoms with Crippen LogP contribution in [0.3, 0.4) is 0 Å². The molecule has 0 spiro atoms. The fourth-order valence-corrected chi connectivity index (χ4v) is 1.74. The summed E-state index contributed by atoms with van der Waals surface area (Å²) >= 11 is 6.26. The molecule has 0 saturated heterocycles. The first-order valence-corrected chi connectivity index (χ1v) is 5.14. The first-order valence-electron chi connectivity index (χ1n) is 3.55. The second-order valence-electron chi connectivity index (χ2n) is 2.42. The van der Waals surface area contributed by atoms with Crippen LogP contribution >= 0.6 is 31.9 Å². The van der Waals surface area contributed by atoms with Crippen molar-refractivity contribution in [1.82, 2.24) is 4.98 Å². The molecule has 1 heterocycles. The number of nitriles is 1. The number of hydrogen-bond acceptors (Lipinski definition) is 2. The molecule has 0 bridgehead atoms. The fraction of sp³-hybridized carbons (Fsp3) is 0.250. The van der Waals surface area contributed by atoms with E-state index in [1.165, 1.54) is 6.20 Å². The Kier molecular flexibility index (Phi) is 3.96. The van der Waals surface area contributed by atoms with Crippen molar-refractivity contribution in [2.75, 3.05) is 0 Å². The van der Waals surface area contributed by atoms with Crippen LogP contribution in [0.25, 0.3) is 0 Å². The molecule has 0 aliphatic heterocycles. The smallest absolute Gasteiger partial charge is 0.254 e. The molecule has 0 saturated carbocycles. The molecular weight excluding hydrogens is 322 g/mol. The van der Waals surface area contributed by atoms with Crippen molar-refractivity contribution in [1.29, 1.82) is 5.26 Å². The van der Waals surface area contributed by atoms with Gasteiger partial charge in [0.1, 0.15) is 5.69 Å². The zero-order chi connectivity index (χ0) is 10.7. The number of aromatic nitrogens is 1. The van der Waals surface area contributed by atoms with E-state index >= 15 is 0 Å². The molecule has 0 aliphatic carbocycles. The lowest BCUT2D eigenvalue weighted by molar-refractivity contribution is 0.145. The minimum Gasteiger partial charge on any atom is -0.254 e. The lowest BCUT2D eigenvalue weighted by atomic mass is 10.1. The van der Waals surface area contributed by atoms with E-state index in [1.807, 2.05) is 6.07 Å². The molecule has 2 nitrogen and oxygen atoms in total. The Labute approximate surface area is 96.2 Å². The summed E-state index contributed by atoms with van der Waals surface area (Å²) in [6.07, 6.45) is -1.47. The molecule has 0 N–H and O–H groups in total. The molecule has 0 radical (unpaired) electrons. The summed E-state index contributed by atoms with van der Waals surface area (Å²) in [6.45, 7) is 0. The Hall–Kier alpha value is -0.540. The van der Waals surface area contributed by atoms with Gasteiger partial charge in [0.15, 0.2) is 0 Å². The predicted molar refractivity (Wildman–Crippen MR) is 53.9 cm³/mol. The Balaban J connectivity index is 3.31. The normalized spacial score (nSPS) is 10.3. The van der Waals surface area contributed by atoms with E-state index < -0.39 is 6.43 Å². The van der Waals surface area contributed by atoms with Gasteiger partial charge in [0.25, 0.3) is 6.43 Å². The lowest BCUT2D eigenvalue weighted by Gasteiger charge is -2.08. The van der Waals surface area contributed by atoms with Gasteiger partial charge in [-0.3, -0.25) is 4.98 Å². The SMILES string of the molecule is N#CCc1c(C(F)F)ncc(Br)c1Br. The van der Waals surface area contributed by atoms with Gasteiger partial charge in [-0.15, -0.1) is 0 Å². The van der Waals surface area contributed by atoms with Gasteiger partial charge in [0.2, 0.25) is 0 Å². The highest BCUT2D eigenvalue weighted by atomic mass is 79.9. The van der Waals surface area contributed by atoms with Gasteiger partial charge in [0.05, 0.1) is 17.0 Å². The zero-order valence-electron chi connectivity index (χ0n) is 6.77. The molecule has 6 heteroatoms. The van der Waals surface area contributed by atoms with Gasteiger partial charge in [-0.1, -0.05) is 0 Å². The van der Waals surface area contributed by atoms with Crippen molar-refractivity contribution in [3.05, 3.63) is 26.4 Å². The first kappa shape index (κ1) is 11.5. The van der Waals surface area contributed by atoms with Gasteiger partial charge >= 0.3 is 0 Å². The Morgan fingerprint density at radius 1 is 1.50 bits per heavy atom. The molecule has 0 fully saturated rings. The third-order valence-electron chi connectivity index (χ3n) is 1.56. The van der Waals surface area contributed by atoms with E-state index in [2.05, 4.69) is 36.8 Å². The maximum absolute atomic E-state index is 12.5. The third-order valence-corrected chi connectivity index (χ3v) is 3.60. The van der Waals surface area contributed by atoms with Gasteiger partial charge < -0.3 is 0 Å². The number of alkyl halides is 2. The van der Waals surface area contributed by atoms with Gasteiger partial charge in [0, 0.05) is 16.2 Å². The topological polar surface area (TPSA) is 36.7 Å². The number of nitrogens with zero attached hydrogens (tertiary/aromatic N) is 2. The van der Waals surface area contributed by atoms with Crippen LogP contribution in [0.5, 0.6) is 0 Å². The van der Waals surface area contributed by atoms with E-state index in [9.17, 15) is 8.78 Å². The Morgan fingerprint density at radius 3 is 2.64 bits per heavy atom. The minimum atomic E-state index is -2.66. The third kappa shape index (κ3) is 2.28. The van der Waals surface area contributed by atoms with Crippen molar-refractivity contribution in [2.45, 2.75) is 12.8 Å². The average molecular weight is 326 g/mol. The summed E-state index contributed by atoms with van der Waals surface area (Å²) in [5, 5.41) is 8.48. The van der Waals surface area contributed by atoms with E-state index in [-0.39, 0.29) is 17.7 Å². The summed E-state index contributed by atoms with van der Waals surface area (Å²) < 4.78 is 25.9. The minimum absolute atomic E-state index is 0.0906. The summed E-state index contributed by atoms with van der Waals surface area (Å²) in [4.78, 5) is 3.58. The molecule has 0 amide bonds. The highest BCUT2D eigenvalue weighted by molar-refractivity contribution is 9.13. The summed E-state index contributed by atoms with van der Waals surface area (Å²) in [5.74, 6) is 0. The van der Waals surface area contributed by atoms with Crippen molar-refractivity contribution in [3.63, 3.8) is 0 Å². The van der Waals surface area contributed by atoms with Crippen LogP contribution in [0.15, 0.2) is 15.1 Å². The van der Waals surface area contributed by atoms with Crippen LogP contribution in [0.4, 0.5) is 8.78 Å². The molecule has 1 aromatic heterocycles. The van der Waals surface area contributed by atoms with Crippen LogP contribution in [-0.2, 0) is 6.42 Å². The predicted octanol–water partition coefficient (Wildman–Crippen LogP) is 3.61. The average Bonchev–Trinajstić information content (AvgIpc) is 2.13. The Bertz CT molecular complexity index is 388. The molecule has 1 aromatic rings. The van der Waals surface area contributed by atoms with E-state index in [1.54, 1.807) is 0 Å². The molecule has 0 aliphatic rings. The van der Waals surface area contributed by atoms with E-state index in [0.29, 0.717) is 8.95 Å². The van der Waals surface area contributed by atoms with Crippen molar-refractivity contribution in [3.8, 4) is 6.07 Å². The summed E-state index contributed by atoms with van der Waals surface area (Å²) in [5.41, 5.74) is -0.112. The number of hydrogen-bond donors (Lipinski definition) is 0. The number of halogens is 4. The standard InChI is InChI=1S/C8H4Br2F2N2/c9-5-3-14-7(8(11)12)4(1-2-13)6(5)10/h3,8H,1H2. The first-order chi connectivity index (χ1) is 6.57. The van der Waals surface area contributed by atoms with Crippen LogP contribution in [0.1, 0.15) is 17.7 Å². The zero-order valence-corrected chi connectivity index (χ0v) is 9.94. The monoisotopic (exact) mass is 324 g/mol. The molecular formula is C8H4Br2F2N2. The molecule has 0 aromatic carbocycles. The maximum Gasteiger partial charge on any atom is 0.280 e. The van der Waals surface area contributed by atoms with Gasteiger partial charge in [-0.25, -0.2) is 8.78 Å². The highest BCUT2D eigenvalue weighted by Crippen LogP contribution is 2.32. The molecule has 0 unspecified atom stereocenters. The summed E-state index contributed by atoms with van der Waals surface area (Å²) in [7, 11) is 0. The molecule has 14 heavy (non-hydrogen) atoms. The molecule has 1 rings (SSSR count). The number of rotatable bonds is 2. The highest BCUT2D eigenvalue weighted by Gasteiger charge is 2.18. The van der Waals surface area contributed by atoms with Crippen LogP contribution < -0.4 is 0 Å². The van der Waals surface area contributed by atoms with Gasteiger partial charge in [-0.05, 0) is 31.9 Å². The van der Waals surface area contributed by atoms with E-state index in [0.717, 1.165) is 0 Å². The quantitative estimate of drug-likeness (QED) is 0.832. The van der Waals surface area contributed by atoms with Crippen molar-refractivity contribution in [2.24, 2.45) is 0 Å². The van der Waals surface area contributed by atoms with E-state index in [4.69, 9.17) is 5.26 Å². The summed E-state index contributed by atoms with van der Waals surface area (Å²) in [6, 6.07) is 1.82. The van der Waals surface area contributed by atoms with Crippen LogP contribution in [0, 0.1) is 11.3 Å². The van der Waals surface area contributed by atoms with Crippen LogP contribution in [0.2, 0.25) is 0 Å². The lowest BCUT2D eigenvalue weighted by Crippen LogP contribution is -1.99. The van der Waals surface area contributed by atoms with Crippen molar-refractivity contribution >= 4 is 31.9 Å². The number of pyridine rings is 1. The largest absolute Gasteiger partial charge is 0.280 e. The fourth-order valence-electron chi connectivity index (χ4n) is 0.953. The van der Waals surface area contributed by atoms with Crippen LogP contribution in [-0.4, -0.2) is 4.98 Å². The molecule has 74 valence electrons. The second-order valence-corrected chi connectivity index (χ2v) is 4.07. The van der Waals surface area contributed by atoms with Crippen molar-refractivity contribution < 1.29 is 8.78 Å². The maximum atomic E-state index is 12.5.